The Hall–Kier alpha value is -0.840. The summed E-state index contributed by atoms with van der Waals surface area (Å²) in [5.41, 5.74) is 0.776. The van der Waals surface area contributed by atoms with Gasteiger partial charge in [0, 0.05) is 24.2 Å². The first-order valence-electron chi connectivity index (χ1n) is 6.91. The Balaban J connectivity index is 2.70. The van der Waals surface area contributed by atoms with Crippen molar-refractivity contribution in [1.29, 1.82) is 0 Å². The molecule has 4 nitrogen and oxygen atoms in total. The van der Waals surface area contributed by atoms with E-state index in [2.05, 4.69) is 42.9 Å². The maximum Gasteiger partial charge on any atom is 0.213 e. The third kappa shape index (κ3) is 5.27. The van der Waals surface area contributed by atoms with E-state index < -0.39 is 0 Å². The third-order valence-corrected chi connectivity index (χ3v) is 3.70. The lowest BCUT2D eigenvalue weighted by molar-refractivity contribution is 0.111. The number of aromatic nitrogens is 1. The zero-order valence-corrected chi connectivity index (χ0v) is 14.1. The van der Waals surface area contributed by atoms with E-state index in [-0.39, 0.29) is 5.54 Å². The average molecular weight is 300 g/mol. The fraction of sp³-hybridized carbons (Fsp3) is 0.667. The second kappa shape index (κ2) is 7.25. The normalized spacial score (nSPS) is 12.2. The van der Waals surface area contributed by atoms with Crippen molar-refractivity contribution < 1.29 is 4.74 Å². The molecule has 0 aromatic carbocycles. The molecule has 0 saturated carbocycles. The van der Waals surface area contributed by atoms with Crippen molar-refractivity contribution in [1.82, 2.24) is 15.2 Å². The van der Waals surface area contributed by atoms with Gasteiger partial charge in [-0.25, -0.2) is 4.98 Å². The van der Waals surface area contributed by atoms with Crippen LogP contribution in [-0.2, 0) is 6.54 Å². The van der Waals surface area contributed by atoms with Crippen LogP contribution in [0.15, 0.2) is 12.1 Å². The molecule has 0 aliphatic carbocycles. The highest BCUT2D eigenvalue weighted by Crippen LogP contribution is 2.19. The number of halogens is 1. The summed E-state index contributed by atoms with van der Waals surface area (Å²) in [4.78, 5) is 6.60. The average Bonchev–Trinajstić information content (AvgIpc) is 2.36. The molecule has 114 valence electrons. The minimum atomic E-state index is -0.0440. The fourth-order valence-corrected chi connectivity index (χ4v) is 1.52. The summed E-state index contributed by atoms with van der Waals surface area (Å²) in [5, 5.41) is 3.97. The highest BCUT2D eigenvalue weighted by molar-refractivity contribution is 6.31. The summed E-state index contributed by atoms with van der Waals surface area (Å²) in [5.74, 6) is 0.616. The molecule has 0 radical (unpaired) electrons. The van der Waals surface area contributed by atoms with E-state index in [1.54, 1.807) is 0 Å². The molecule has 0 aliphatic rings. The second-order valence-corrected chi connectivity index (χ2v) is 6.52. The molecule has 0 fully saturated rings. The van der Waals surface area contributed by atoms with Gasteiger partial charge >= 0.3 is 0 Å². The fourth-order valence-electron chi connectivity index (χ4n) is 1.35. The standard InChI is InChI=1S/C15H26ClN3O/c1-11(2)17-9-13-12(16)7-8-14(18-13)20-10-15(3,4)19(5)6/h7-8,11,17H,9-10H2,1-6H3. The maximum absolute atomic E-state index is 6.15. The second-order valence-electron chi connectivity index (χ2n) is 6.11. The van der Waals surface area contributed by atoms with Crippen LogP contribution < -0.4 is 10.1 Å². The molecule has 1 N–H and O–H groups in total. The Morgan fingerprint density at radius 3 is 2.55 bits per heavy atom. The van der Waals surface area contributed by atoms with E-state index in [9.17, 15) is 0 Å². The minimum Gasteiger partial charge on any atom is -0.476 e. The Labute approximate surface area is 127 Å². The maximum atomic E-state index is 6.15. The van der Waals surface area contributed by atoms with Crippen LogP contribution in [0, 0.1) is 0 Å². The van der Waals surface area contributed by atoms with Gasteiger partial charge in [0.2, 0.25) is 5.88 Å². The summed E-state index contributed by atoms with van der Waals surface area (Å²) >= 11 is 6.15. The Morgan fingerprint density at radius 1 is 1.35 bits per heavy atom. The predicted octanol–water partition coefficient (Wildman–Crippen LogP) is 2.95. The zero-order valence-electron chi connectivity index (χ0n) is 13.3. The van der Waals surface area contributed by atoms with Gasteiger partial charge in [0.15, 0.2) is 0 Å². The number of pyridine rings is 1. The van der Waals surface area contributed by atoms with Gasteiger partial charge in [-0.15, -0.1) is 0 Å². The molecule has 0 amide bonds. The molecule has 0 atom stereocenters. The third-order valence-electron chi connectivity index (χ3n) is 3.35. The summed E-state index contributed by atoms with van der Waals surface area (Å²) in [6.45, 7) is 9.66. The van der Waals surface area contributed by atoms with Gasteiger partial charge in [-0.1, -0.05) is 25.4 Å². The van der Waals surface area contributed by atoms with Gasteiger partial charge in [0.1, 0.15) is 6.61 Å². The molecule has 0 unspecified atom stereocenters. The SMILES string of the molecule is CC(C)NCc1nc(OCC(C)(C)N(C)C)ccc1Cl. The molecule has 0 spiro atoms. The molecule has 1 heterocycles. The van der Waals surface area contributed by atoms with E-state index in [0.29, 0.717) is 30.1 Å². The lowest BCUT2D eigenvalue weighted by Gasteiger charge is -2.31. The molecule has 20 heavy (non-hydrogen) atoms. The minimum absolute atomic E-state index is 0.0440. The van der Waals surface area contributed by atoms with Gasteiger partial charge < -0.3 is 15.0 Å². The van der Waals surface area contributed by atoms with Crippen molar-refractivity contribution in [3.8, 4) is 5.88 Å². The summed E-state index contributed by atoms with van der Waals surface area (Å²) in [7, 11) is 4.08. The van der Waals surface area contributed by atoms with Gasteiger partial charge in [-0.2, -0.15) is 0 Å². The van der Waals surface area contributed by atoms with Crippen LogP contribution in [0.4, 0.5) is 0 Å². The van der Waals surface area contributed by atoms with Crippen molar-refractivity contribution in [3.63, 3.8) is 0 Å². The van der Waals surface area contributed by atoms with Crippen LogP contribution in [0.1, 0.15) is 33.4 Å². The van der Waals surface area contributed by atoms with Gasteiger partial charge in [-0.05, 0) is 34.0 Å². The van der Waals surface area contributed by atoms with Crippen molar-refractivity contribution in [2.24, 2.45) is 0 Å². The van der Waals surface area contributed by atoms with Crippen LogP contribution in [-0.4, -0.2) is 42.2 Å². The monoisotopic (exact) mass is 299 g/mol. The summed E-state index contributed by atoms with van der Waals surface area (Å²) in [6.07, 6.45) is 0. The molecular weight excluding hydrogens is 274 g/mol. The molecular formula is C15H26ClN3O. The van der Waals surface area contributed by atoms with Crippen molar-refractivity contribution in [2.45, 2.75) is 45.8 Å². The molecule has 1 rings (SSSR count). The highest BCUT2D eigenvalue weighted by atomic mass is 35.5. The first-order valence-corrected chi connectivity index (χ1v) is 7.29. The molecule has 1 aromatic rings. The predicted molar refractivity (Wildman–Crippen MR) is 84.5 cm³/mol. The first kappa shape index (κ1) is 17.2. The first-order chi connectivity index (χ1) is 9.22. The lowest BCUT2D eigenvalue weighted by Crippen LogP contribution is -2.43. The van der Waals surface area contributed by atoms with Gasteiger partial charge in [-0.3, -0.25) is 0 Å². The molecule has 5 heteroatoms. The van der Waals surface area contributed by atoms with Crippen LogP contribution in [0.3, 0.4) is 0 Å². The van der Waals surface area contributed by atoms with Crippen LogP contribution in [0.5, 0.6) is 5.88 Å². The number of nitrogens with one attached hydrogen (secondary N) is 1. The van der Waals surface area contributed by atoms with Gasteiger partial charge in [0.25, 0.3) is 0 Å². The van der Waals surface area contributed by atoms with Crippen molar-refractivity contribution >= 4 is 11.6 Å². The van der Waals surface area contributed by atoms with E-state index in [0.717, 1.165) is 5.69 Å². The molecule has 0 aliphatic heterocycles. The smallest absolute Gasteiger partial charge is 0.213 e. The summed E-state index contributed by atoms with van der Waals surface area (Å²) < 4.78 is 5.80. The Morgan fingerprint density at radius 2 is 2.00 bits per heavy atom. The van der Waals surface area contributed by atoms with Crippen molar-refractivity contribution in [3.05, 3.63) is 22.8 Å². The number of nitrogens with zero attached hydrogens (tertiary/aromatic N) is 2. The topological polar surface area (TPSA) is 37.4 Å². The zero-order chi connectivity index (χ0) is 15.3. The highest BCUT2D eigenvalue weighted by Gasteiger charge is 2.21. The quantitative estimate of drug-likeness (QED) is 0.840. The Bertz CT molecular complexity index is 433. The largest absolute Gasteiger partial charge is 0.476 e. The van der Waals surface area contributed by atoms with Crippen molar-refractivity contribution in [2.75, 3.05) is 20.7 Å². The number of hydrogen-bond acceptors (Lipinski definition) is 4. The van der Waals surface area contributed by atoms with Crippen LogP contribution >= 0.6 is 11.6 Å². The van der Waals surface area contributed by atoms with E-state index in [1.807, 2.05) is 26.2 Å². The summed E-state index contributed by atoms with van der Waals surface area (Å²) in [6, 6.07) is 4.04. The number of ether oxygens (including phenoxy) is 1. The molecule has 0 saturated heterocycles. The number of hydrogen-bond donors (Lipinski definition) is 1. The van der Waals surface area contributed by atoms with E-state index in [1.165, 1.54) is 0 Å². The number of rotatable bonds is 7. The van der Waals surface area contributed by atoms with E-state index in [4.69, 9.17) is 16.3 Å². The lowest BCUT2D eigenvalue weighted by atomic mass is 10.1. The van der Waals surface area contributed by atoms with Crippen LogP contribution in [0.2, 0.25) is 5.02 Å². The van der Waals surface area contributed by atoms with E-state index >= 15 is 0 Å². The molecule has 0 bridgehead atoms. The van der Waals surface area contributed by atoms with Gasteiger partial charge in [0.05, 0.1) is 10.7 Å². The van der Waals surface area contributed by atoms with Crippen LogP contribution in [0.25, 0.3) is 0 Å². The molecule has 1 aromatic heterocycles. The Kier molecular flexibility index (Phi) is 6.24. The number of likely N-dealkylation sites (N-methyl/N-ethyl adjacent to an activating group) is 1.